The Morgan fingerprint density at radius 3 is 2.85 bits per heavy atom. The van der Waals surface area contributed by atoms with Crippen molar-refractivity contribution in [1.29, 1.82) is 0 Å². The Kier molecular flexibility index (Phi) is 5.98. The molecule has 2 aromatic heterocycles. The summed E-state index contributed by atoms with van der Waals surface area (Å²) in [5.74, 6) is 0.315. The molecule has 144 valence electrons. The average molecular weight is 370 g/mol. The number of nitrogens with one attached hydrogen (secondary N) is 1. The molecule has 2 aromatic rings. The molecule has 0 radical (unpaired) electrons. The summed E-state index contributed by atoms with van der Waals surface area (Å²) >= 11 is 0. The quantitative estimate of drug-likeness (QED) is 0.796. The highest BCUT2D eigenvalue weighted by Crippen LogP contribution is 2.16. The van der Waals surface area contributed by atoms with Gasteiger partial charge in [-0.1, -0.05) is 6.07 Å². The lowest BCUT2D eigenvalue weighted by Gasteiger charge is -2.36. The van der Waals surface area contributed by atoms with E-state index in [-0.39, 0.29) is 11.9 Å². The number of amides is 1. The van der Waals surface area contributed by atoms with Gasteiger partial charge in [0.15, 0.2) is 0 Å². The van der Waals surface area contributed by atoms with E-state index in [0.717, 1.165) is 18.7 Å². The van der Waals surface area contributed by atoms with Gasteiger partial charge in [-0.3, -0.25) is 14.7 Å². The van der Waals surface area contributed by atoms with Gasteiger partial charge in [0.1, 0.15) is 0 Å². The van der Waals surface area contributed by atoms with E-state index >= 15 is 0 Å². The normalized spacial score (nSPS) is 20.3. The van der Waals surface area contributed by atoms with Gasteiger partial charge < -0.3 is 15.3 Å². The summed E-state index contributed by atoms with van der Waals surface area (Å²) in [5.41, 5.74) is 2.17. The van der Waals surface area contributed by atoms with Crippen molar-refractivity contribution in [2.24, 2.45) is 0 Å². The zero-order valence-electron chi connectivity index (χ0n) is 16.0. The first kappa shape index (κ1) is 19.2. The molecular formula is C19H26N6O2. The van der Waals surface area contributed by atoms with Crippen LogP contribution in [0.1, 0.15) is 28.0 Å². The number of aromatic nitrogens is 3. The summed E-state index contributed by atoms with van der Waals surface area (Å²) in [5, 5.41) is 13.4. The van der Waals surface area contributed by atoms with Crippen molar-refractivity contribution >= 4 is 11.9 Å². The van der Waals surface area contributed by atoms with Gasteiger partial charge in [-0.15, -0.1) is 0 Å². The predicted molar refractivity (Wildman–Crippen MR) is 102 cm³/mol. The molecule has 0 bridgehead atoms. The molecular weight excluding hydrogens is 344 g/mol. The smallest absolute Gasteiger partial charge is 0.255 e. The molecule has 0 unspecified atom stereocenters. The highest BCUT2D eigenvalue weighted by molar-refractivity contribution is 5.95. The Morgan fingerprint density at radius 2 is 2.22 bits per heavy atom. The van der Waals surface area contributed by atoms with Gasteiger partial charge in [-0.25, -0.2) is 9.97 Å². The maximum atomic E-state index is 12.6. The van der Waals surface area contributed by atoms with Crippen LogP contribution in [0.25, 0.3) is 0 Å². The van der Waals surface area contributed by atoms with Crippen molar-refractivity contribution in [3.8, 4) is 0 Å². The molecule has 0 saturated carbocycles. The van der Waals surface area contributed by atoms with E-state index in [1.165, 1.54) is 6.20 Å². The number of hydrogen-bond acceptors (Lipinski definition) is 7. The van der Waals surface area contributed by atoms with Crippen LogP contribution in [-0.2, 0) is 6.54 Å². The van der Waals surface area contributed by atoms with Crippen LogP contribution in [0.15, 0.2) is 30.7 Å². The summed E-state index contributed by atoms with van der Waals surface area (Å²) in [4.78, 5) is 29.2. The number of nitrogens with zero attached hydrogens (tertiary/aromatic N) is 5. The predicted octanol–water partition coefficient (Wildman–Crippen LogP) is 0.611. The molecule has 1 saturated heterocycles. The van der Waals surface area contributed by atoms with E-state index in [9.17, 15) is 9.90 Å². The van der Waals surface area contributed by atoms with Crippen LogP contribution in [0.4, 0.5) is 5.95 Å². The lowest BCUT2D eigenvalue weighted by Crippen LogP contribution is -2.53. The molecule has 3 rings (SSSR count). The van der Waals surface area contributed by atoms with Crippen LogP contribution < -0.4 is 10.2 Å². The van der Waals surface area contributed by atoms with Crippen molar-refractivity contribution in [2.45, 2.75) is 32.0 Å². The number of aryl methyl sites for hydroxylation is 1. The van der Waals surface area contributed by atoms with Gasteiger partial charge in [0.25, 0.3) is 5.91 Å². The average Bonchev–Trinajstić information content (AvgIpc) is 2.64. The molecule has 27 heavy (non-hydrogen) atoms. The van der Waals surface area contributed by atoms with E-state index in [2.05, 4.69) is 25.2 Å². The van der Waals surface area contributed by atoms with E-state index in [1.807, 2.05) is 32.4 Å². The minimum atomic E-state index is -0.623. The first-order valence-corrected chi connectivity index (χ1v) is 9.05. The van der Waals surface area contributed by atoms with Gasteiger partial charge in [0.2, 0.25) is 5.95 Å². The van der Waals surface area contributed by atoms with Crippen LogP contribution >= 0.6 is 0 Å². The first-order chi connectivity index (χ1) is 12.9. The molecule has 1 fully saturated rings. The van der Waals surface area contributed by atoms with Crippen LogP contribution in [0.5, 0.6) is 0 Å². The number of β-amino-alcohol motifs (C(OH)–C–C–N with tert-alkyl or cyclic N) is 1. The zero-order chi connectivity index (χ0) is 19.4. The number of hydrogen-bond donors (Lipinski definition) is 2. The van der Waals surface area contributed by atoms with Crippen LogP contribution in [0, 0.1) is 6.92 Å². The second-order valence-electron chi connectivity index (χ2n) is 7.10. The maximum Gasteiger partial charge on any atom is 0.255 e. The largest absolute Gasteiger partial charge is 0.390 e. The zero-order valence-corrected chi connectivity index (χ0v) is 16.0. The number of aliphatic hydroxyl groups excluding tert-OH is 1. The summed E-state index contributed by atoms with van der Waals surface area (Å²) < 4.78 is 0. The fourth-order valence-electron chi connectivity index (χ4n) is 3.20. The molecule has 0 aromatic carbocycles. The number of anilines is 1. The molecule has 0 spiro atoms. The third-order valence-corrected chi connectivity index (χ3v) is 4.72. The Bertz CT molecular complexity index is 783. The van der Waals surface area contributed by atoms with Crippen molar-refractivity contribution in [2.75, 3.05) is 32.1 Å². The van der Waals surface area contributed by atoms with Gasteiger partial charge in [-0.2, -0.15) is 0 Å². The number of piperidine rings is 1. The van der Waals surface area contributed by atoms with Crippen molar-refractivity contribution in [3.63, 3.8) is 0 Å². The highest BCUT2D eigenvalue weighted by atomic mass is 16.3. The summed E-state index contributed by atoms with van der Waals surface area (Å²) in [7, 11) is 3.70. The Balaban J connectivity index is 1.58. The third-order valence-electron chi connectivity index (χ3n) is 4.72. The molecule has 2 atom stereocenters. The number of likely N-dealkylation sites (tertiary alicyclic amines) is 1. The van der Waals surface area contributed by atoms with Gasteiger partial charge in [-0.05, 0) is 25.0 Å². The Labute approximate surface area is 159 Å². The standard InChI is InChI=1S/C19H26N6O2/c1-13-15(10-21-19(22-13)24(2)3)18(27)23-16-6-8-25(12-17(16)26)11-14-5-4-7-20-9-14/h4-5,7,9-10,16-17,26H,6,8,11-12H2,1-3H3,(H,23,27)/t16-,17-/m1/s1. The summed E-state index contributed by atoms with van der Waals surface area (Å²) in [6.07, 6.45) is 5.18. The second kappa shape index (κ2) is 8.41. The fourth-order valence-corrected chi connectivity index (χ4v) is 3.20. The van der Waals surface area contributed by atoms with E-state index in [1.54, 1.807) is 18.0 Å². The number of pyridine rings is 1. The van der Waals surface area contributed by atoms with Crippen LogP contribution in [-0.4, -0.2) is 70.2 Å². The molecule has 0 aliphatic carbocycles. The minimum Gasteiger partial charge on any atom is -0.390 e. The molecule has 1 aliphatic rings. The number of rotatable bonds is 5. The number of aliphatic hydroxyl groups is 1. The second-order valence-corrected chi connectivity index (χ2v) is 7.10. The summed E-state index contributed by atoms with van der Waals surface area (Å²) in [6, 6.07) is 3.65. The molecule has 2 N–H and O–H groups in total. The van der Waals surface area contributed by atoms with E-state index in [4.69, 9.17) is 0 Å². The molecule has 3 heterocycles. The van der Waals surface area contributed by atoms with Crippen molar-refractivity contribution < 1.29 is 9.90 Å². The third kappa shape index (κ3) is 4.78. The minimum absolute atomic E-state index is 0.248. The topological polar surface area (TPSA) is 94.5 Å². The summed E-state index contributed by atoms with van der Waals surface area (Å²) in [6.45, 7) is 3.84. The van der Waals surface area contributed by atoms with Gasteiger partial charge in [0.05, 0.1) is 23.4 Å². The van der Waals surface area contributed by atoms with Crippen LogP contribution in [0.3, 0.4) is 0 Å². The highest BCUT2D eigenvalue weighted by Gasteiger charge is 2.29. The van der Waals surface area contributed by atoms with E-state index < -0.39 is 6.10 Å². The lowest BCUT2D eigenvalue weighted by molar-refractivity contribution is 0.0349. The van der Waals surface area contributed by atoms with Gasteiger partial charge in [0, 0.05) is 52.3 Å². The van der Waals surface area contributed by atoms with Crippen molar-refractivity contribution in [3.05, 3.63) is 47.5 Å². The van der Waals surface area contributed by atoms with E-state index in [0.29, 0.717) is 30.2 Å². The number of carbonyl (C=O) groups is 1. The maximum absolute atomic E-state index is 12.6. The fraction of sp³-hybridized carbons (Fsp3) is 0.474. The van der Waals surface area contributed by atoms with Crippen molar-refractivity contribution in [1.82, 2.24) is 25.2 Å². The molecule has 1 amide bonds. The number of carbonyl (C=O) groups excluding carboxylic acids is 1. The SMILES string of the molecule is Cc1nc(N(C)C)ncc1C(=O)N[C@@H]1CCN(Cc2cccnc2)C[C@H]1O. The lowest BCUT2D eigenvalue weighted by atomic mass is 10.0. The molecule has 8 heteroatoms. The first-order valence-electron chi connectivity index (χ1n) is 9.05. The molecule has 8 nitrogen and oxygen atoms in total. The molecule has 1 aliphatic heterocycles. The Morgan fingerprint density at radius 1 is 1.41 bits per heavy atom. The monoisotopic (exact) mass is 370 g/mol. The Hall–Kier alpha value is -2.58. The van der Waals surface area contributed by atoms with Gasteiger partial charge >= 0.3 is 0 Å². The van der Waals surface area contributed by atoms with Crippen LogP contribution in [0.2, 0.25) is 0 Å².